The van der Waals surface area contributed by atoms with Crippen molar-refractivity contribution in [3.8, 4) is 23.2 Å². The highest BCUT2D eigenvalue weighted by molar-refractivity contribution is 5.51. The normalized spacial score (nSPS) is 22.0. The average molecular weight is 348 g/mol. The van der Waals surface area contributed by atoms with Crippen molar-refractivity contribution >= 4 is 0 Å². The third kappa shape index (κ3) is 3.03. The van der Waals surface area contributed by atoms with Gasteiger partial charge in [0.25, 0.3) is 0 Å². The Morgan fingerprint density at radius 3 is 2.27 bits per heavy atom. The fourth-order valence-corrected chi connectivity index (χ4v) is 3.45. The Kier molecular flexibility index (Phi) is 3.62. The lowest BCUT2D eigenvalue weighted by atomic mass is 9.77. The number of benzene rings is 1. The molecule has 1 aromatic carbocycles. The zero-order valence-corrected chi connectivity index (χ0v) is 14.2. The van der Waals surface area contributed by atoms with Crippen molar-refractivity contribution in [3.63, 3.8) is 0 Å². The minimum absolute atomic E-state index is 0.168. The number of nitrogens with zero attached hydrogens (tertiary/aromatic N) is 3. The van der Waals surface area contributed by atoms with Gasteiger partial charge in [0.05, 0.1) is 12.4 Å². The van der Waals surface area contributed by atoms with Crippen LogP contribution in [0.1, 0.15) is 48.6 Å². The predicted molar refractivity (Wildman–Crippen MR) is 91.8 cm³/mol. The molecule has 2 saturated carbocycles. The van der Waals surface area contributed by atoms with Gasteiger partial charge in [-0.05, 0) is 48.6 Å². The van der Waals surface area contributed by atoms with E-state index in [1.165, 1.54) is 36.2 Å². The SMILES string of the molecule is [O-]c1cc(-c2cnc(OC3CC(c4ccc(C5CC5)cc4)C3)cn2)on1. The van der Waals surface area contributed by atoms with E-state index in [0.717, 1.165) is 18.8 Å². The van der Waals surface area contributed by atoms with E-state index in [1.54, 1.807) is 6.20 Å². The molecule has 0 amide bonds. The molecule has 2 aliphatic rings. The summed E-state index contributed by atoms with van der Waals surface area (Å²) in [7, 11) is 0. The van der Waals surface area contributed by atoms with Crippen LogP contribution in [0.25, 0.3) is 11.5 Å². The van der Waals surface area contributed by atoms with Gasteiger partial charge in [0.1, 0.15) is 11.8 Å². The van der Waals surface area contributed by atoms with E-state index >= 15 is 0 Å². The summed E-state index contributed by atoms with van der Waals surface area (Å²) in [5, 5.41) is 14.4. The molecule has 0 N–H and O–H groups in total. The third-order valence-corrected chi connectivity index (χ3v) is 5.21. The molecule has 0 unspecified atom stereocenters. The van der Waals surface area contributed by atoms with Gasteiger partial charge in [0, 0.05) is 11.9 Å². The molecule has 3 aromatic rings. The van der Waals surface area contributed by atoms with E-state index in [-0.39, 0.29) is 6.10 Å². The Bertz CT molecular complexity index is 895. The van der Waals surface area contributed by atoms with Crippen molar-refractivity contribution < 1.29 is 14.4 Å². The molecule has 5 rings (SSSR count). The smallest absolute Gasteiger partial charge is 0.232 e. The van der Waals surface area contributed by atoms with Crippen molar-refractivity contribution in [1.29, 1.82) is 0 Å². The van der Waals surface area contributed by atoms with Crippen molar-refractivity contribution in [1.82, 2.24) is 15.1 Å². The molecule has 2 aliphatic carbocycles. The third-order valence-electron chi connectivity index (χ3n) is 5.21. The maximum Gasteiger partial charge on any atom is 0.232 e. The Labute approximate surface area is 150 Å². The maximum atomic E-state index is 11.0. The largest absolute Gasteiger partial charge is 0.856 e. The van der Waals surface area contributed by atoms with Gasteiger partial charge in [-0.3, -0.25) is 0 Å². The highest BCUT2D eigenvalue weighted by Crippen LogP contribution is 2.42. The zero-order chi connectivity index (χ0) is 17.5. The van der Waals surface area contributed by atoms with Crippen LogP contribution >= 0.6 is 0 Å². The summed E-state index contributed by atoms with van der Waals surface area (Å²) in [6.07, 6.45) is 7.92. The van der Waals surface area contributed by atoms with Gasteiger partial charge in [0.15, 0.2) is 5.76 Å². The molecule has 6 heteroatoms. The van der Waals surface area contributed by atoms with Crippen LogP contribution in [0.4, 0.5) is 0 Å². The first kappa shape index (κ1) is 15.4. The summed E-state index contributed by atoms with van der Waals surface area (Å²) in [5.41, 5.74) is 3.34. The second kappa shape index (κ2) is 6.12. The summed E-state index contributed by atoms with van der Waals surface area (Å²) < 4.78 is 10.8. The lowest BCUT2D eigenvalue weighted by molar-refractivity contribution is -0.277. The number of hydrogen-bond acceptors (Lipinski definition) is 6. The van der Waals surface area contributed by atoms with Gasteiger partial charge in [0.2, 0.25) is 5.88 Å². The first-order valence-electron chi connectivity index (χ1n) is 8.97. The number of hydrogen-bond donors (Lipinski definition) is 0. The first-order valence-corrected chi connectivity index (χ1v) is 8.97. The number of rotatable bonds is 5. The average Bonchev–Trinajstić information content (AvgIpc) is 3.40. The maximum absolute atomic E-state index is 11.0. The molecule has 0 radical (unpaired) electrons. The molecule has 0 bridgehead atoms. The highest BCUT2D eigenvalue weighted by atomic mass is 16.5. The van der Waals surface area contributed by atoms with Crippen LogP contribution in [0.5, 0.6) is 11.8 Å². The van der Waals surface area contributed by atoms with Crippen LogP contribution in [-0.4, -0.2) is 21.2 Å². The van der Waals surface area contributed by atoms with E-state index in [4.69, 9.17) is 9.26 Å². The van der Waals surface area contributed by atoms with Crippen LogP contribution in [0, 0.1) is 0 Å². The van der Waals surface area contributed by atoms with Crippen LogP contribution in [0.15, 0.2) is 47.2 Å². The molecule has 0 aliphatic heterocycles. The predicted octanol–water partition coefficient (Wildman–Crippen LogP) is 3.41. The zero-order valence-electron chi connectivity index (χ0n) is 14.2. The number of aromatic nitrogens is 3. The molecule has 0 atom stereocenters. The van der Waals surface area contributed by atoms with Crippen molar-refractivity contribution in [2.75, 3.05) is 0 Å². The fraction of sp³-hybridized carbons (Fsp3) is 0.350. The molecular formula is C20H18N3O3-. The summed E-state index contributed by atoms with van der Waals surface area (Å²) in [5.74, 6) is 1.74. The van der Waals surface area contributed by atoms with Gasteiger partial charge in [-0.1, -0.05) is 29.4 Å². The second-order valence-corrected chi connectivity index (χ2v) is 7.12. The molecule has 2 fully saturated rings. The monoisotopic (exact) mass is 348 g/mol. The Morgan fingerprint density at radius 1 is 0.962 bits per heavy atom. The van der Waals surface area contributed by atoms with Crippen LogP contribution in [0.3, 0.4) is 0 Å². The standard InChI is InChI=1S/C20H19N3O3/c24-19-9-18(26-23-19)17-10-22-20(11-21-17)25-16-7-15(8-16)14-5-3-13(4-6-14)12-1-2-12/h3-6,9-12,15-16H,1-2,7-8H2,(H,23,24)/p-1. The Balaban J connectivity index is 1.17. The topological polar surface area (TPSA) is 84.1 Å². The van der Waals surface area contributed by atoms with Gasteiger partial charge < -0.3 is 14.4 Å². The molecule has 0 spiro atoms. The molecule has 2 aromatic heterocycles. The lowest BCUT2D eigenvalue weighted by Gasteiger charge is -2.35. The van der Waals surface area contributed by atoms with Crippen molar-refractivity contribution in [3.05, 3.63) is 53.9 Å². The van der Waals surface area contributed by atoms with Crippen molar-refractivity contribution in [2.45, 2.75) is 43.6 Å². The highest BCUT2D eigenvalue weighted by Gasteiger charge is 2.32. The van der Waals surface area contributed by atoms with Crippen LogP contribution < -0.4 is 9.84 Å². The van der Waals surface area contributed by atoms with Crippen LogP contribution in [0.2, 0.25) is 0 Å². The molecular weight excluding hydrogens is 330 g/mol. The summed E-state index contributed by atoms with van der Waals surface area (Å²) >= 11 is 0. The summed E-state index contributed by atoms with van der Waals surface area (Å²) in [6, 6.07) is 10.4. The molecule has 0 saturated heterocycles. The Morgan fingerprint density at radius 2 is 1.69 bits per heavy atom. The van der Waals surface area contributed by atoms with Gasteiger partial charge in [-0.25, -0.2) is 9.97 Å². The fourth-order valence-electron chi connectivity index (χ4n) is 3.45. The minimum Gasteiger partial charge on any atom is -0.856 e. The Hall–Kier alpha value is -2.89. The van der Waals surface area contributed by atoms with Crippen molar-refractivity contribution in [2.24, 2.45) is 0 Å². The minimum atomic E-state index is -0.423. The molecule has 6 nitrogen and oxygen atoms in total. The van der Waals surface area contributed by atoms with Gasteiger partial charge in [-0.2, -0.15) is 0 Å². The quantitative estimate of drug-likeness (QED) is 0.702. The lowest BCUT2D eigenvalue weighted by Crippen LogP contribution is -2.32. The summed E-state index contributed by atoms with van der Waals surface area (Å²) in [4.78, 5) is 8.47. The molecule has 26 heavy (non-hydrogen) atoms. The number of ether oxygens (including phenoxy) is 1. The van der Waals surface area contributed by atoms with Gasteiger partial charge >= 0.3 is 0 Å². The van der Waals surface area contributed by atoms with Crippen LogP contribution in [-0.2, 0) is 0 Å². The van der Waals surface area contributed by atoms with E-state index in [0.29, 0.717) is 23.3 Å². The summed E-state index contributed by atoms with van der Waals surface area (Å²) in [6.45, 7) is 0. The first-order chi connectivity index (χ1) is 12.7. The molecule has 2 heterocycles. The van der Waals surface area contributed by atoms with E-state index in [1.807, 2.05) is 0 Å². The van der Waals surface area contributed by atoms with E-state index in [9.17, 15) is 5.11 Å². The molecule has 132 valence electrons. The second-order valence-electron chi connectivity index (χ2n) is 7.12. The van der Waals surface area contributed by atoms with Gasteiger partial charge in [-0.15, -0.1) is 0 Å². The van der Waals surface area contributed by atoms with E-state index < -0.39 is 5.88 Å². The van der Waals surface area contributed by atoms with E-state index in [2.05, 4.69) is 39.4 Å².